The summed E-state index contributed by atoms with van der Waals surface area (Å²) >= 11 is 0. The average Bonchev–Trinajstić information content (AvgIpc) is 3.46. The van der Waals surface area contributed by atoms with Gasteiger partial charge in [-0.3, -0.25) is 10.2 Å². The van der Waals surface area contributed by atoms with E-state index in [1.54, 1.807) is 22.8 Å². The van der Waals surface area contributed by atoms with Crippen LogP contribution in [0.5, 0.6) is 0 Å². The highest BCUT2D eigenvalue weighted by Gasteiger charge is 2.45. The number of hydrogen-bond acceptors (Lipinski definition) is 8. The highest BCUT2D eigenvalue weighted by Crippen LogP contribution is 2.45. The van der Waals surface area contributed by atoms with E-state index in [1.165, 1.54) is 4.52 Å². The molecule has 0 spiro atoms. The predicted octanol–water partition coefficient (Wildman–Crippen LogP) is 3.25. The van der Waals surface area contributed by atoms with E-state index in [2.05, 4.69) is 10.1 Å². The van der Waals surface area contributed by atoms with Crippen molar-refractivity contribution < 1.29 is 18.4 Å². The predicted molar refractivity (Wildman–Crippen MR) is 140 cm³/mol. The fourth-order valence-corrected chi connectivity index (χ4v) is 7.06. The van der Waals surface area contributed by atoms with Crippen molar-refractivity contribution in [2.45, 2.75) is 48.6 Å². The number of nitrogens with zero attached hydrogens (tertiary/aromatic N) is 5. The lowest BCUT2D eigenvalue weighted by atomic mass is 9.88. The number of urea groups is 1. The lowest BCUT2D eigenvalue weighted by Crippen LogP contribution is -2.49. The maximum atomic E-state index is 12.9. The monoisotopic (exact) mass is 533 g/mol. The Morgan fingerprint density at radius 2 is 1.76 bits per heavy atom. The SMILES string of the molecule is CS(=O)(=O)c1c([C@@H]2C[C@H]3CC[C@@H](C2)N3C(=O)NO)nc2c(-c3ccc(-c4ccccc4)nc3)cnn2c1N. The minimum absolute atomic E-state index is 0.00972. The van der Waals surface area contributed by atoms with Crippen LogP contribution in [-0.2, 0) is 9.84 Å². The van der Waals surface area contributed by atoms with Crippen LogP contribution in [-0.4, -0.2) is 62.5 Å². The molecule has 196 valence electrons. The van der Waals surface area contributed by atoms with E-state index < -0.39 is 15.9 Å². The Morgan fingerprint density at radius 3 is 2.37 bits per heavy atom. The first-order valence-corrected chi connectivity index (χ1v) is 14.3. The van der Waals surface area contributed by atoms with Crippen molar-refractivity contribution in [3.05, 3.63) is 60.6 Å². The quantitative estimate of drug-likeness (QED) is 0.267. The Kier molecular flexibility index (Phi) is 5.80. The lowest BCUT2D eigenvalue weighted by molar-refractivity contribution is 0.0929. The summed E-state index contributed by atoms with van der Waals surface area (Å²) in [5.41, 5.74) is 12.3. The molecule has 38 heavy (non-hydrogen) atoms. The number of nitrogen functional groups attached to an aromatic ring is 1. The second-order valence-corrected chi connectivity index (χ2v) is 11.9. The number of amides is 2. The van der Waals surface area contributed by atoms with Crippen molar-refractivity contribution in [1.82, 2.24) is 30.0 Å². The fourth-order valence-electron chi connectivity index (χ4n) is 6.00. The van der Waals surface area contributed by atoms with Crippen LogP contribution >= 0.6 is 0 Å². The normalized spacial score (nSPS) is 21.1. The van der Waals surface area contributed by atoms with Gasteiger partial charge < -0.3 is 10.6 Å². The minimum Gasteiger partial charge on any atom is -0.382 e. The maximum absolute atomic E-state index is 12.9. The van der Waals surface area contributed by atoms with E-state index in [1.807, 2.05) is 42.5 Å². The third kappa shape index (κ3) is 3.96. The van der Waals surface area contributed by atoms with Crippen molar-refractivity contribution in [2.75, 3.05) is 12.0 Å². The molecule has 0 unspecified atom stereocenters. The number of hydrogen-bond donors (Lipinski definition) is 3. The highest BCUT2D eigenvalue weighted by atomic mass is 32.2. The molecular formula is C26H27N7O4S. The Balaban J connectivity index is 1.44. The maximum Gasteiger partial charge on any atom is 0.341 e. The molecule has 12 heteroatoms. The summed E-state index contributed by atoms with van der Waals surface area (Å²) in [5, 5.41) is 13.5. The molecule has 11 nitrogen and oxygen atoms in total. The molecule has 2 saturated heterocycles. The molecule has 3 atom stereocenters. The summed E-state index contributed by atoms with van der Waals surface area (Å²) < 4.78 is 27.2. The van der Waals surface area contributed by atoms with Crippen molar-refractivity contribution in [2.24, 2.45) is 0 Å². The van der Waals surface area contributed by atoms with Gasteiger partial charge in [-0.25, -0.2) is 23.7 Å². The van der Waals surface area contributed by atoms with E-state index in [4.69, 9.17) is 10.7 Å². The number of carbonyl (C=O) groups excluding carboxylic acids is 1. The van der Waals surface area contributed by atoms with Crippen molar-refractivity contribution >= 4 is 27.3 Å². The first kappa shape index (κ1) is 24.3. The van der Waals surface area contributed by atoms with Gasteiger partial charge in [0.2, 0.25) is 0 Å². The van der Waals surface area contributed by atoms with Crippen molar-refractivity contribution in [1.29, 1.82) is 0 Å². The lowest BCUT2D eigenvalue weighted by Gasteiger charge is -2.38. The van der Waals surface area contributed by atoms with Gasteiger partial charge in [-0.2, -0.15) is 9.61 Å². The Morgan fingerprint density at radius 1 is 1.05 bits per heavy atom. The summed E-state index contributed by atoms with van der Waals surface area (Å²) in [6.45, 7) is 0. The number of pyridine rings is 1. The second-order valence-electron chi connectivity index (χ2n) is 9.95. The van der Waals surface area contributed by atoms with E-state index >= 15 is 0 Å². The molecule has 0 aliphatic carbocycles. The molecule has 2 amide bonds. The number of piperidine rings is 1. The van der Waals surface area contributed by atoms with Crippen LogP contribution < -0.4 is 11.2 Å². The van der Waals surface area contributed by atoms with Gasteiger partial charge in [0.05, 0.1) is 17.6 Å². The number of carbonyl (C=O) groups is 1. The van der Waals surface area contributed by atoms with Gasteiger partial charge in [-0.15, -0.1) is 0 Å². The molecular weight excluding hydrogens is 506 g/mol. The second kappa shape index (κ2) is 9.07. The number of benzene rings is 1. The summed E-state index contributed by atoms with van der Waals surface area (Å²) in [5.74, 6) is -0.218. The van der Waals surface area contributed by atoms with Gasteiger partial charge in [0, 0.05) is 47.1 Å². The first-order valence-electron chi connectivity index (χ1n) is 12.4. The van der Waals surface area contributed by atoms with Gasteiger partial charge in [0.25, 0.3) is 0 Å². The van der Waals surface area contributed by atoms with E-state index in [9.17, 15) is 18.4 Å². The molecule has 2 fully saturated rings. The number of aromatic nitrogens is 4. The van der Waals surface area contributed by atoms with Crippen molar-refractivity contribution in [3.63, 3.8) is 0 Å². The Bertz CT molecular complexity index is 1620. The van der Waals surface area contributed by atoms with Crippen LogP contribution in [0.1, 0.15) is 37.3 Å². The van der Waals surface area contributed by atoms with Gasteiger partial charge in [-0.1, -0.05) is 36.4 Å². The highest BCUT2D eigenvalue weighted by molar-refractivity contribution is 7.91. The number of rotatable bonds is 4. The molecule has 2 aliphatic rings. The summed E-state index contributed by atoms with van der Waals surface area (Å²) in [4.78, 5) is 23.3. The largest absolute Gasteiger partial charge is 0.382 e. The fraction of sp³-hybridized carbons (Fsp3) is 0.308. The van der Waals surface area contributed by atoms with Crippen LogP contribution in [0.3, 0.4) is 0 Å². The number of anilines is 1. The molecule has 4 aromatic rings. The van der Waals surface area contributed by atoms with E-state index in [0.29, 0.717) is 29.7 Å². The number of nitrogens with two attached hydrogens (primary N) is 1. The van der Waals surface area contributed by atoms with Crippen LogP contribution in [0, 0.1) is 0 Å². The van der Waals surface area contributed by atoms with Crippen molar-refractivity contribution in [3.8, 4) is 22.4 Å². The van der Waals surface area contributed by atoms with Crippen LogP contribution in [0.25, 0.3) is 28.0 Å². The topological polar surface area (TPSA) is 156 Å². The van der Waals surface area contributed by atoms with Gasteiger partial charge >= 0.3 is 6.03 Å². The molecule has 2 aliphatic heterocycles. The average molecular weight is 534 g/mol. The zero-order valence-electron chi connectivity index (χ0n) is 20.7. The molecule has 4 N–H and O–H groups in total. The molecule has 0 radical (unpaired) electrons. The summed E-state index contributed by atoms with van der Waals surface area (Å²) in [7, 11) is -3.74. The number of sulfone groups is 1. The Hall–Kier alpha value is -4.03. The zero-order chi connectivity index (χ0) is 26.6. The van der Waals surface area contributed by atoms with Gasteiger partial charge in [-0.05, 0) is 31.7 Å². The standard InChI is InChI=1S/C26H27N7O4S/c1-38(36,37)23-22(17-11-18-8-9-19(12-17)32(18)26(34)31-35)30-25-20(14-29-33(25)24(23)27)16-7-10-21(28-13-16)15-5-3-2-4-6-15/h2-7,10,13-14,17-19,35H,8-9,11-12,27H2,1H3,(H,31,34)/t17-,18-,19+. The molecule has 2 bridgehead atoms. The number of fused-ring (bicyclic) bond motifs is 3. The number of nitrogens with one attached hydrogen (secondary N) is 1. The molecule has 3 aromatic heterocycles. The third-order valence-electron chi connectivity index (χ3n) is 7.63. The molecule has 5 heterocycles. The minimum atomic E-state index is -3.74. The molecule has 6 rings (SSSR count). The van der Waals surface area contributed by atoms with Crippen LogP contribution in [0.2, 0.25) is 0 Å². The van der Waals surface area contributed by atoms with E-state index in [0.717, 1.165) is 35.9 Å². The smallest absolute Gasteiger partial charge is 0.341 e. The molecule has 0 saturated carbocycles. The first-order chi connectivity index (χ1) is 18.3. The summed E-state index contributed by atoms with van der Waals surface area (Å²) in [6, 6.07) is 12.9. The van der Waals surface area contributed by atoms with Gasteiger partial charge in [0.1, 0.15) is 10.7 Å². The Labute approximate surface area is 219 Å². The summed E-state index contributed by atoms with van der Waals surface area (Å²) in [6.07, 6.45) is 7.07. The molecule has 1 aromatic carbocycles. The third-order valence-corrected chi connectivity index (χ3v) is 8.79. The van der Waals surface area contributed by atoms with Crippen LogP contribution in [0.4, 0.5) is 10.6 Å². The van der Waals surface area contributed by atoms with E-state index in [-0.39, 0.29) is 28.7 Å². The zero-order valence-corrected chi connectivity index (χ0v) is 21.5. The van der Waals surface area contributed by atoms with Gasteiger partial charge in [0.15, 0.2) is 15.5 Å². The number of hydroxylamine groups is 1. The van der Waals surface area contributed by atoms with Crippen LogP contribution in [0.15, 0.2) is 59.8 Å².